The number of hydrogen-bond acceptors (Lipinski definition) is 2. The van der Waals surface area contributed by atoms with E-state index in [1.54, 1.807) is 0 Å². The van der Waals surface area contributed by atoms with E-state index in [9.17, 15) is 17.6 Å². The van der Waals surface area contributed by atoms with Gasteiger partial charge in [0.15, 0.2) is 5.96 Å². The first kappa shape index (κ1) is 21.2. The maximum absolute atomic E-state index is 13.1. The number of halogens is 4. The second kappa shape index (κ2) is 9.03. The molecule has 1 aromatic rings. The van der Waals surface area contributed by atoms with Crippen LogP contribution in [0.15, 0.2) is 23.2 Å². The summed E-state index contributed by atoms with van der Waals surface area (Å²) in [7, 11) is 0. The molecule has 0 amide bonds. The van der Waals surface area contributed by atoms with Gasteiger partial charge in [0.2, 0.25) is 0 Å². The van der Waals surface area contributed by atoms with Crippen molar-refractivity contribution in [3.63, 3.8) is 0 Å². The number of aliphatic imine (C=N–C) groups is 1. The minimum absolute atomic E-state index is 0.0209. The number of hydrogen-bond donors (Lipinski definition) is 3. The molecular weight excluding hydrogens is 336 g/mol. The monoisotopic (exact) mass is 362 g/mol. The molecule has 142 valence electrons. The maximum Gasteiger partial charge on any atom is 0.416 e. The molecule has 0 saturated heterocycles. The molecule has 0 heterocycles. The van der Waals surface area contributed by atoms with Gasteiger partial charge in [0.25, 0.3) is 0 Å². The van der Waals surface area contributed by atoms with Crippen LogP contribution >= 0.6 is 0 Å². The third-order valence-electron chi connectivity index (χ3n) is 3.20. The molecule has 1 rings (SSSR count). The Morgan fingerprint density at radius 3 is 2.32 bits per heavy atom. The number of alkyl halides is 3. The van der Waals surface area contributed by atoms with E-state index in [0.717, 1.165) is 12.1 Å². The molecule has 0 spiro atoms. The van der Waals surface area contributed by atoms with E-state index >= 15 is 0 Å². The molecule has 0 radical (unpaired) electrons. The SMILES string of the molecule is CCNC(=NCc1ccc(F)cc1C(F)(F)F)NCCNC(C)(C)C. The van der Waals surface area contributed by atoms with Crippen LogP contribution < -0.4 is 16.0 Å². The van der Waals surface area contributed by atoms with E-state index in [1.807, 2.05) is 27.7 Å². The smallest absolute Gasteiger partial charge is 0.357 e. The normalized spacial score (nSPS) is 13.0. The Labute approximate surface area is 146 Å². The number of guanidine groups is 1. The molecule has 0 atom stereocenters. The van der Waals surface area contributed by atoms with E-state index in [-0.39, 0.29) is 17.6 Å². The van der Waals surface area contributed by atoms with E-state index in [0.29, 0.717) is 31.7 Å². The standard InChI is InChI=1S/C17H26F4N4/c1-5-22-15(23-8-9-25-16(2,3)4)24-11-12-6-7-13(18)10-14(12)17(19,20)21/h6-7,10,25H,5,8-9,11H2,1-4H3,(H2,22,23,24). The lowest BCUT2D eigenvalue weighted by Gasteiger charge is -2.21. The fourth-order valence-electron chi connectivity index (χ4n) is 2.07. The zero-order valence-electron chi connectivity index (χ0n) is 15.0. The number of benzene rings is 1. The average molecular weight is 362 g/mol. The summed E-state index contributed by atoms with van der Waals surface area (Å²) < 4.78 is 52.2. The summed E-state index contributed by atoms with van der Waals surface area (Å²) in [6.07, 6.45) is -4.62. The lowest BCUT2D eigenvalue weighted by molar-refractivity contribution is -0.138. The van der Waals surface area contributed by atoms with Crippen molar-refractivity contribution in [1.29, 1.82) is 0 Å². The van der Waals surface area contributed by atoms with Crippen LogP contribution in [0.3, 0.4) is 0 Å². The van der Waals surface area contributed by atoms with Crippen molar-refractivity contribution in [2.24, 2.45) is 4.99 Å². The highest BCUT2D eigenvalue weighted by Gasteiger charge is 2.33. The van der Waals surface area contributed by atoms with Gasteiger partial charge in [0, 0.05) is 25.2 Å². The molecule has 1 aromatic carbocycles. The Kier molecular flexibility index (Phi) is 7.66. The topological polar surface area (TPSA) is 48.5 Å². The highest BCUT2D eigenvalue weighted by Crippen LogP contribution is 2.32. The second-order valence-electron chi connectivity index (χ2n) is 6.60. The first-order chi connectivity index (χ1) is 11.5. The van der Waals surface area contributed by atoms with Gasteiger partial charge < -0.3 is 16.0 Å². The Bertz CT molecular complexity index is 577. The van der Waals surface area contributed by atoms with Crippen molar-refractivity contribution in [2.75, 3.05) is 19.6 Å². The molecule has 0 aromatic heterocycles. The Balaban J connectivity index is 2.78. The van der Waals surface area contributed by atoms with Crippen LogP contribution in [-0.2, 0) is 12.7 Å². The van der Waals surface area contributed by atoms with E-state index in [1.165, 1.54) is 0 Å². The maximum atomic E-state index is 13.1. The molecule has 0 saturated carbocycles. The van der Waals surface area contributed by atoms with E-state index in [4.69, 9.17) is 0 Å². The summed E-state index contributed by atoms with van der Waals surface area (Å²) in [5.41, 5.74) is -1.09. The summed E-state index contributed by atoms with van der Waals surface area (Å²) in [6, 6.07) is 2.62. The van der Waals surface area contributed by atoms with Crippen LogP contribution in [0.1, 0.15) is 38.8 Å². The van der Waals surface area contributed by atoms with Gasteiger partial charge in [-0.25, -0.2) is 9.38 Å². The van der Waals surface area contributed by atoms with E-state index < -0.39 is 17.6 Å². The molecule has 0 bridgehead atoms. The first-order valence-corrected chi connectivity index (χ1v) is 8.16. The highest BCUT2D eigenvalue weighted by molar-refractivity contribution is 5.79. The lowest BCUT2D eigenvalue weighted by atomic mass is 10.1. The van der Waals surface area contributed by atoms with Crippen LogP contribution in [0.25, 0.3) is 0 Å². The summed E-state index contributed by atoms with van der Waals surface area (Å²) in [6.45, 7) is 9.62. The van der Waals surface area contributed by atoms with Crippen LogP contribution in [0.2, 0.25) is 0 Å². The molecule has 0 aliphatic heterocycles. The van der Waals surface area contributed by atoms with Gasteiger partial charge in [-0.15, -0.1) is 0 Å². The summed E-state index contributed by atoms with van der Waals surface area (Å²) in [4.78, 5) is 4.17. The second-order valence-corrected chi connectivity index (χ2v) is 6.60. The molecule has 3 N–H and O–H groups in total. The quantitative estimate of drug-likeness (QED) is 0.315. The largest absolute Gasteiger partial charge is 0.416 e. The van der Waals surface area contributed by atoms with Crippen LogP contribution in [0.5, 0.6) is 0 Å². The Morgan fingerprint density at radius 2 is 1.76 bits per heavy atom. The fraction of sp³-hybridized carbons (Fsp3) is 0.588. The number of nitrogens with one attached hydrogen (secondary N) is 3. The minimum Gasteiger partial charge on any atom is -0.357 e. The average Bonchev–Trinajstić information content (AvgIpc) is 2.48. The van der Waals surface area contributed by atoms with Crippen LogP contribution in [-0.4, -0.2) is 31.1 Å². The summed E-state index contributed by atoms with van der Waals surface area (Å²) >= 11 is 0. The van der Waals surface area contributed by atoms with Crippen molar-refractivity contribution in [3.8, 4) is 0 Å². The minimum atomic E-state index is -4.62. The zero-order valence-corrected chi connectivity index (χ0v) is 15.0. The molecule has 0 aliphatic carbocycles. The molecule has 4 nitrogen and oxygen atoms in total. The molecule has 8 heteroatoms. The summed E-state index contributed by atoms with van der Waals surface area (Å²) in [5, 5.41) is 9.32. The van der Waals surface area contributed by atoms with Gasteiger partial charge in [-0.05, 0) is 45.4 Å². The molecule has 0 unspecified atom stereocenters. The van der Waals surface area contributed by atoms with Crippen molar-refractivity contribution < 1.29 is 17.6 Å². The van der Waals surface area contributed by atoms with Gasteiger partial charge in [0.05, 0.1) is 12.1 Å². The number of rotatable bonds is 6. The van der Waals surface area contributed by atoms with Crippen LogP contribution in [0, 0.1) is 5.82 Å². The zero-order chi connectivity index (χ0) is 19.1. The van der Waals surface area contributed by atoms with Gasteiger partial charge in [-0.3, -0.25) is 0 Å². The highest BCUT2D eigenvalue weighted by atomic mass is 19.4. The fourth-order valence-corrected chi connectivity index (χ4v) is 2.07. The third kappa shape index (κ3) is 8.20. The summed E-state index contributed by atoms with van der Waals surface area (Å²) in [5.74, 6) is -0.506. The lowest BCUT2D eigenvalue weighted by Crippen LogP contribution is -2.44. The van der Waals surface area contributed by atoms with E-state index in [2.05, 4.69) is 20.9 Å². The molecule has 0 aliphatic rings. The number of nitrogens with zero attached hydrogens (tertiary/aromatic N) is 1. The molecule has 25 heavy (non-hydrogen) atoms. The Morgan fingerprint density at radius 1 is 1.08 bits per heavy atom. The third-order valence-corrected chi connectivity index (χ3v) is 3.20. The van der Waals surface area contributed by atoms with Gasteiger partial charge in [-0.1, -0.05) is 6.07 Å². The van der Waals surface area contributed by atoms with Crippen molar-refractivity contribution in [2.45, 2.75) is 46.0 Å². The van der Waals surface area contributed by atoms with Crippen molar-refractivity contribution in [3.05, 3.63) is 35.1 Å². The predicted molar refractivity (Wildman–Crippen MR) is 92.0 cm³/mol. The Hall–Kier alpha value is -1.83. The first-order valence-electron chi connectivity index (χ1n) is 8.16. The molecule has 0 fully saturated rings. The van der Waals surface area contributed by atoms with Crippen molar-refractivity contribution >= 4 is 5.96 Å². The molecular formula is C17H26F4N4. The van der Waals surface area contributed by atoms with Gasteiger partial charge in [0.1, 0.15) is 5.82 Å². The predicted octanol–water partition coefficient (Wildman–Crippen LogP) is 3.29. The van der Waals surface area contributed by atoms with Crippen LogP contribution in [0.4, 0.5) is 17.6 Å². The van der Waals surface area contributed by atoms with Gasteiger partial charge >= 0.3 is 6.18 Å². The van der Waals surface area contributed by atoms with Crippen molar-refractivity contribution in [1.82, 2.24) is 16.0 Å². The van der Waals surface area contributed by atoms with Gasteiger partial charge in [-0.2, -0.15) is 13.2 Å².